The molecule has 3 aromatic rings. The van der Waals surface area contributed by atoms with E-state index in [2.05, 4.69) is 36.8 Å². The molecular weight excluding hydrogens is 438 g/mol. The van der Waals surface area contributed by atoms with E-state index in [1.807, 2.05) is 24.3 Å². The van der Waals surface area contributed by atoms with Crippen molar-refractivity contribution in [1.29, 1.82) is 0 Å². The van der Waals surface area contributed by atoms with Crippen LogP contribution in [-0.2, 0) is 12.4 Å². The quantitative estimate of drug-likeness (QED) is 0.549. The van der Waals surface area contributed by atoms with E-state index < -0.39 is 12.4 Å². The van der Waals surface area contributed by atoms with Crippen LogP contribution in [0.5, 0.6) is 0 Å². The van der Waals surface area contributed by atoms with E-state index in [1.54, 1.807) is 30.3 Å². The minimum Gasteiger partial charge on any atom is -0.225 e. The Hall–Kier alpha value is -0.760. The van der Waals surface area contributed by atoms with Gasteiger partial charge in [0.05, 0.1) is 10.2 Å². The fourth-order valence-corrected chi connectivity index (χ4v) is 6.62. The largest absolute Gasteiger partial charge is 0.235 e. The maximum atomic E-state index is 12.9. The Balaban J connectivity index is 2.15. The average Bonchev–Trinajstić information content (AvgIpc) is 2.92. The fraction of sp³-hybridized carbons (Fsp3) is 0.0714. The Labute approximate surface area is 143 Å². The summed E-state index contributed by atoms with van der Waals surface area (Å²) in [6.45, 7) is 0. The molecule has 0 amide bonds. The summed E-state index contributed by atoms with van der Waals surface area (Å²) in [5.41, 5.74) is 1.29. The first kappa shape index (κ1) is 15.1. The van der Waals surface area contributed by atoms with Crippen molar-refractivity contribution in [2.45, 2.75) is 6.91 Å². The van der Waals surface area contributed by atoms with Crippen LogP contribution in [0.2, 0.25) is 0 Å². The Kier molecular flexibility index (Phi) is 3.94. The van der Waals surface area contributed by atoms with Gasteiger partial charge in [0.15, 0.2) is 0 Å². The molecule has 0 radical (unpaired) electrons. The van der Waals surface area contributed by atoms with E-state index in [-0.39, 0.29) is 4.34 Å². The number of fused-ring (bicyclic) bond motifs is 1. The summed E-state index contributed by atoms with van der Waals surface area (Å²) >= 11 is 7.77. The lowest BCUT2D eigenvalue weighted by atomic mass is 10.2. The number of benzene rings is 2. The lowest BCUT2D eigenvalue weighted by Gasteiger charge is -2.19. The molecule has 1 aromatic heterocycles. The number of sulfone groups is 1. The SMILES string of the molecule is O=S(=O)(c1nc2ccccc2s1)C(Br)(Br)c1ccccc1. The van der Waals surface area contributed by atoms with Gasteiger partial charge in [0.1, 0.15) is 0 Å². The van der Waals surface area contributed by atoms with Crippen LogP contribution >= 0.6 is 43.2 Å². The molecule has 21 heavy (non-hydrogen) atoms. The lowest BCUT2D eigenvalue weighted by Crippen LogP contribution is -2.22. The first-order chi connectivity index (χ1) is 9.93. The van der Waals surface area contributed by atoms with Crippen LogP contribution in [0.25, 0.3) is 10.2 Å². The Morgan fingerprint density at radius 3 is 2.24 bits per heavy atom. The van der Waals surface area contributed by atoms with Crippen LogP contribution in [0.4, 0.5) is 0 Å². The molecule has 0 spiro atoms. The smallest absolute Gasteiger partial charge is 0.225 e. The number of alkyl halides is 2. The van der Waals surface area contributed by atoms with Gasteiger partial charge in [-0.3, -0.25) is 0 Å². The summed E-state index contributed by atoms with van der Waals surface area (Å²) in [5.74, 6) is 0. The second kappa shape index (κ2) is 5.46. The van der Waals surface area contributed by atoms with Gasteiger partial charge in [0, 0.05) is 0 Å². The molecule has 0 saturated heterocycles. The molecule has 3 nitrogen and oxygen atoms in total. The monoisotopic (exact) mass is 445 g/mol. The Morgan fingerprint density at radius 2 is 1.57 bits per heavy atom. The van der Waals surface area contributed by atoms with E-state index in [4.69, 9.17) is 0 Å². The standard InChI is InChI=1S/C14H9Br2NO2S2/c15-14(16,10-6-2-1-3-7-10)21(18,19)13-17-11-8-4-5-9-12(11)20-13/h1-9H. The Morgan fingerprint density at radius 1 is 0.952 bits per heavy atom. The van der Waals surface area contributed by atoms with Gasteiger partial charge in [-0.15, -0.1) is 11.3 Å². The van der Waals surface area contributed by atoms with Gasteiger partial charge in [0.2, 0.25) is 16.7 Å². The van der Waals surface area contributed by atoms with Crippen molar-refractivity contribution >= 4 is 63.3 Å². The van der Waals surface area contributed by atoms with Crippen LogP contribution in [-0.4, -0.2) is 13.4 Å². The summed E-state index contributed by atoms with van der Waals surface area (Å²) in [5, 5.41) is 0. The third kappa shape index (κ3) is 2.56. The zero-order valence-corrected chi connectivity index (χ0v) is 15.3. The van der Waals surface area contributed by atoms with Gasteiger partial charge in [0.25, 0.3) is 0 Å². The van der Waals surface area contributed by atoms with Gasteiger partial charge in [-0.05, 0) is 49.6 Å². The number of halogens is 2. The van der Waals surface area contributed by atoms with Crippen molar-refractivity contribution in [3.8, 4) is 0 Å². The minimum atomic E-state index is -3.71. The zero-order valence-electron chi connectivity index (χ0n) is 10.5. The van der Waals surface area contributed by atoms with Crippen molar-refractivity contribution in [2.75, 3.05) is 0 Å². The topological polar surface area (TPSA) is 47.0 Å². The number of thiazole rings is 1. The highest BCUT2D eigenvalue weighted by atomic mass is 79.9. The molecule has 0 aliphatic rings. The number of para-hydroxylation sites is 1. The molecule has 1 heterocycles. The van der Waals surface area contributed by atoms with E-state index >= 15 is 0 Å². The van der Waals surface area contributed by atoms with E-state index in [9.17, 15) is 8.42 Å². The zero-order chi connectivity index (χ0) is 15.1. The van der Waals surface area contributed by atoms with Gasteiger partial charge >= 0.3 is 0 Å². The highest BCUT2D eigenvalue weighted by molar-refractivity contribution is 9.27. The van der Waals surface area contributed by atoms with Crippen molar-refractivity contribution in [1.82, 2.24) is 4.98 Å². The molecule has 3 rings (SSSR count). The van der Waals surface area contributed by atoms with Gasteiger partial charge in [-0.25, -0.2) is 13.4 Å². The normalized spacial score (nSPS) is 12.7. The summed E-state index contributed by atoms with van der Waals surface area (Å²) in [6.07, 6.45) is 0. The fourth-order valence-electron chi connectivity index (χ4n) is 1.86. The molecule has 7 heteroatoms. The molecule has 0 unspecified atom stereocenters. The molecule has 0 saturated carbocycles. The lowest BCUT2D eigenvalue weighted by molar-refractivity contribution is 0.592. The predicted octanol–water partition coefficient (Wildman–Crippen LogP) is 4.67. The number of rotatable bonds is 3. The first-order valence-electron chi connectivity index (χ1n) is 5.96. The van der Waals surface area contributed by atoms with Crippen molar-refractivity contribution in [2.24, 2.45) is 0 Å². The molecule has 108 valence electrons. The van der Waals surface area contributed by atoms with Gasteiger partial charge in [-0.2, -0.15) is 0 Å². The van der Waals surface area contributed by atoms with Crippen LogP contribution < -0.4 is 0 Å². The average molecular weight is 447 g/mol. The van der Waals surface area contributed by atoms with Crippen LogP contribution in [0.15, 0.2) is 58.9 Å². The molecule has 0 aliphatic heterocycles. The molecule has 0 fully saturated rings. The maximum absolute atomic E-state index is 12.9. The highest BCUT2D eigenvalue weighted by Crippen LogP contribution is 2.47. The maximum Gasteiger partial charge on any atom is 0.235 e. The second-order valence-electron chi connectivity index (χ2n) is 4.33. The molecule has 2 aromatic carbocycles. The molecule has 0 aliphatic carbocycles. The van der Waals surface area contributed by atoms with Crippen LogP contribution in [0, 0.1) is 0 Å². The summed E-state index contributed by atoms with van der Waals surface area (Å²) in [6, 6.07) is 16.3. The van der Waals surface area contributed by atoms with Crippen molar-refractivity contribution in [3.05, 3.63) is 60.2 Å². The number of nitrogens with zero attached hydrogens (tertiary/aromatic N) is 1. The second-order valence-corrected chi connectivity index (χ2v) is 12.1. The predicted molar refractivity (Wildman–Crippen MR) is 92.8 cm³/mol. The van der Waals surface area contributed by atoms with E-state index in [0.717, 1.165) is 4.70 Å². The first-order valence-corrected chi connectivity index (χ1v) is 9.85. The van der Waals surface area contributed by atoms with Gasteiger partial charge in [-0.1, -0.05) is 42.5 Å². The highest BCUT2D eigenvalue weighted by Gasteiger charge is 2.43. The number of aromatic nitrogens is 1. The number of hydrogen-bond acceptors (Lipinski definition) is 4. The van der Waals surface area contributed by atoms with Crippen molar-refractivity contribution < 1.29 is 8.42 Å². The number of hydrogen-bond donors (Lipinski definition) is 0. The summed E-state index contributed by atoms with van der Waals surface area (Å²) < 4.78 is 25.3. The Bertz CT molecular complexity index is 856. The summed E-state index contributed by atoms with van der Waals surface area (Å²) in [7, 11) is -3.71. The third-order valence-corrected chi connectivity index (χ3v) is 9.63. The molecular formula is C14H9Br2NO2S2. The molecule has 0 N–H and O–H groups in total. The van der Waals surface area contributed by atoms with Crippen LogP contribution in [0.3, 0.4) is 0 Å². The minimum absolute atomic E-state index is 0.0845. The van der Waals surface area contributed by atoms with Crippen LogP contribution in [0.1, 0.15) is 5.56 Å². The van der Waals surface area contributed by atoms with E-state index in [1.165, 1.54) is 11.3 Å². The summed E-state index contributed by atoms with van der Waals surface area (Å²) in [4.78, 5) is 4.25. The third-order valence-electron chi connectivity index (χ3n) is 2.95. The van der Waals surface area contributed by atoms with E-state index in [0.29, 0.717) is 11.1 Å². The molecule has 0 bridgehead atoms. The van der Waals surface area contributed by atoms with Crippen molar-refractivity contribution in [3.63, 3.8) is 0 Å². The van der Waals surface area contributed by atoms with Gasteiger partial charge < -0.3 is 0 Å². The molecule has 0 atom stereocenters.